The summed E-state index contributed by atoms with van der Waals surface area (Å²) in [5.41, 5.74) is 0.0337. The van der Waals surface area contributed by atoms with E-state index in [0.29, 0.717) is 13.0 Å². The summed E-state index contributed by atoms with van der Waals surface area (Å²) in [4.78, 5) is 11.5. The minimum Gasteiger partial charge on any atom is -0.461 e. The molecule has 4 heterocycles. The molecule has 7 nitrogen and oxygen atoms in total. The van der Waals surface area contributed by atoms with Crippen LogP contribution in [0.1, 0.15) is 33.1 Å². The van der Waals surface area contributed by atoms with E-state index in [1.807, 2.05) is 0 Å². The molecule has 5 atom stereocenters. The standard InChI is InChI=1S/C30H30F7N5O2/c1-14-7-16(38)8-17(22(14)30(35,36)37)21-20(32)9-18-25(24(21)34)39-28(44-13-29-3-2-4-41(29)11-15(31)10-29)40-27(18)42-5-6-43-12-19-23(33)26(19)42/h7-9,15,19,23,26H,2-6,10-13,38H2,1H3/t15-,19-,23+,26-,29+/m1/s1/i13D2. The van der Waals surface area contributed by atoms with Gasteiger partial charge in [-0.15, -0.1) is 0 Å². The highest BCUT2D eigenvalue weighted by atomic mass is 19.4. The molecule has 0 unspecified atom stereocenters. The lowest BCUT2D eigenvalue weighted by atomic mass is 9.93. The summed E-state index contributed by atoms with van der Waals surface area (Å²) in [6.45, 7) is -0.805. The first-order valence-corrected chi connectivity index (χ1v) is 14.4. The van der Waals surface area contributed by atoms with Gasteiger partial charge in [0.15, 0.2) is 5.82 Å². The van der Waals surface area contributed by atoms with Gasteiger partial charge in [0.1, 0.15) is 36.1 Å². The monoisotopic (exact) mass is 627 g/mol. The molecule has 3 aliphatic heterocycles. The Morgan fingerprint density at radius 2 is 1.98 bits per heavy atom. The Bertz CT molecular complexity index is 1730. The summed E-state index contributed by atoms with van der Waals surface area (Å²) in [5, 5.41) is -0.286. The molecular weight excluding hydrogens is 595 g/mol. The Labute approximate surface area is 250 Å². The topological polar surface area (TPSA) is 76.7 Å². The van der Waals surface area contributed by atoms with Gasteiger partial charge in [0.25, 0.3) is 0 Å². The number of halogens is 7. The lowest BCUT2D eigenvalue weighted by molar-refractivity contribution is -0.137. The molecule has 4 aliphatic rings. The molecule has 0 radical (unpaired) electrons. The van der Waals surface area contributed by atoms with Gasteiger partial charge in [0, 0.05) is 42.1 Å². The fraction of sp³-hybridized carbons (Fsp3) is 0.533. The van der Waals surface area contributed by atoms with E-state index < -0.39 is 82.4 Å². The molecule has 3 aromatic rings. The minimum absolute atomic E-state index is 0.000140. The van der Waals surface area contributed by atoms with Gasteiger partial charge in [0.05, 0.1) is 38.7 Å². The van der Waals surface area contributed by atoms with Crippen LogP contribution in [0, 0.1) is 24.5 Å². The zero-order valence-corrected chi connectivity index (χ0v) is 23.5. The first kappa shape index (κ1) is 27.0. The lowest BCUT2D eigenvalue weighted by Crippen LogP contribution is -2.43. The number of anilines is 2. The molecule has 0 spiro atoms. The average molecular weight is 628 g/mol. The van der Waals surface area contributed by atoms with Gasteiger partial charge in [-0.3, -0.25) is 4.90 Å². The molecule has 0 amide bonds. The zero-order valence-electron chi connectivity index (χ0n) is 25.5. The number of hydrogen-bond acceptors (Lipinski definition) is 7. The van der Waals surface area contributed by atoms with Crippen LogP contribution in [0.5, 0.6) is 6.01 Å². The van der Waals surface area contributed by atoms with E-state index in [-0.39, 0.29) is 61.6 Å². The van der Waals surface area contributed by atoms with Gasteiger partial charge in [-0.2, -0.15) is 23.1 Å². The molecule has 3 saturated heterocycles. The second-order valence-corrected chi connectivity index (χ2v) is 12.0. The maximum Gasteiger partial charge on any atom is 0.417 e. The number of nitrogens with two attached hydrogens (primary N) is 1. The number of nitrogens with zero attached hydrogens (tertiary/aromatic N) is 4. The highest BCUT2D eigenvalue weighted by molar-refractivity contribution is 5.95. The third-order valence-electron chi connectivity index (χ3n) is 9.14. The van der Waals surface area contributed by atoms with Gasteiger partial charge in [-0.05, 0) is 50.1 Å². The molecule has 2 N–H and O–H groups in total. The van der Waals surface area contributed by atoms with E-state index in [1.165, 1.54) is 4.90 Å². The summed E-state index contributed by atoms with van der Waals surface area (Å²) >= 11 is 0. The summed E-state index contributed by atoms with van der Waals surface area (Å²) in [6.07, 6.45) is -7.01. The van der Waals surface area contributed by atoms with Crippen LogP contribution >= 0.6 is 0 Å². The molecule has 44 heavy (non-hydrogen) atoms. The van der Waals surface area contributed by atoms with Crippen LogP contribution in [0.3, 0.4) is 0 Å². The highest BCUT2D eigenvalue weighted by Gasteiger charge is 2.56. The third kappa shape index (κ3) is 4.72. The number of hydrogen-bond donors (Lipinski definition) is 1. The van der Waals surface area contributed by atoms with Crippen LogP contribution in [0.4, 0.5) is 42.2 Å². The van der Waals surface area contributed by atoms with Gasteiger partial charge in [0.2, 0.25) is 0 Å². The van der Waals surface area contributed by atoms with Crippen LogP contribution < -0.4 is 15.4 Å². The summed E-state index contributed by atoms with van der Waals surface area (Å²) in [7, 11) is 0. The molecule has 236 valence electrons. The van der Waals surface area contributed by atoms with Crippen molar-refractivity contribution in [2.75, 3.05) is 50.0 Å². The first-order valence-electron chi connectivity index (χ1n) is 15.4. The number of aryl methyl sites for hydroxylation is 1. The summed E-state index contributed by atoms with van der Waals surface area (Å²) in [5.74, 6) is -3.63. The lowest BCUT2D eigenvalue weighted by Gasteiger charge is -2.31. The number of nitrogen functional groups attached to an aromatic ring is 1. The van der Waals surface area contributed by atoms with Crippen molar-refractivity contribution < 1.29 is 42.9 Å². The number of rotatable bonds is 5. The molecule has 7 rings (SSSR count). The smallest absolute Gasteiger partial charge is 0.417 e. The van der Waals surface area contributed by atoms with E-state index in [0.717, 1.165) is 25.1 Å². The van der Waals surface area contributed by atoms with Crippen LogP contribution in [-0.4, -0.2) is 78.2 Å². The Morgan fingerprint density at radius 1 is 1.18 bits per heavy atom. The molecule has 1 aliphatic carbocycles. The van der Waals surface area contributed by atoms with Crippen molar-refractivity contribution in [3.63, 3.8) is 0 Å². The molecule has 0 bridgehead atoms. The van der Waals surface area contributed by atoms with E-state index in [4.69, 9.17) is 17.9 Å². The molecule has 1 aromatic heterocycles. The highest BCUT2D eigenvalue weighted by Crippen LogP contribution is 2.47. The van der Waals surface area contributed by atoms with E-state index in [2.05, 4.69) is 9.97 Å². The van der Waals surface area contributed by atoms with Crippen LogP contribution in [-0.2, 0) is 10.9 Å². The van der Waals surface area contributed by atoms with Crippen molar-refractivity contribution >= 4 is 22.4 Å². The predicted molar refractivity (Wildman–Crippen MR) is 148 cm³/mol. The van der Waals surface area contributed by atoms with E-state index in [9.17, 15) is 22.0 Å². The van der Waals surface area contributed by atoms with Gasteiger partial charge >= 0.3 is 12.2 Å². The second-order valence-electron chi connectivity index (χ2n) is 12.0. The van der Waals surface area contributed by atoms with Crippen molar-refractivity contribution in [2.24, 2.45) is 5.92 Å². The van der Waals surface area contributed by atoms with Crippen molar-refractivity contribution in [3.05, 3.63) is 41.0 Å². The van der Waals surface area contributed by atoms with Crippen molar-refractivity contribution in [1.29, 1.82) is 0 Å². The summed E-state index contributed by atoms with van der Waals surface area (Å²) in [6, 6.07) is 1.13. The minimum atomic E-state index is -5.01. The van der Waals surface area contributed by atoms with Gasteiger partial charge < -0.3 is 20.1 Å². The summed E-state index contributed by atoms with van der Waals surface area (Å²) < 4.78 is 134. The van der Waals surface area contributed by atoms with Crippen LogP contribution in [0.25, 0.3) is 22.0 Å². The normalized spacial score (nSPS) is 29.7. The Kier molecular flexibility index (Phi) is 6.33. The van der Waals surface area contributed by atoms with Crippen molar-refractivity contribution in [3.8, 4) is 17.1 Å². The average Bonchev–Trinajstić information content (AvgIpc) is 3.30. The Balaban J connectivity index is 1.43. The van der Waals surface area contributed by atoms with Crippen LogP contribution in [0.2, 0.25) is 0 Å². The molecule has 14 heteroatoms. The van der Waals surface area contributed by atoms with E-state index >= 15 is 8.78 Å². The van der Waals surface area contributed by atoms with Gasteiger partial charge in [-0.25, -0.2) is 17.6 Å². The maximum atomic E-state index is 16.6. The zero-order chi connectivity index (χ0) is 32.9. The van der Waals surface area contributed by atoms with Crippen molar-refractivity contribution in [2.45, 2.75) is 56.3 Å². The molecule has 1 saturated carbocycles. The number of ether oxygens (including phenoxy) is 2. The fourth-order valence-electron chi connectivity index (χ4n) is 7.15. The first-order chi connectivity index (χ1) is 21.6. The SMILES string of the molecule is [2H]C([2H])(Oc1nc(N2CCOC[C@@H]3[C@H](F)[C@@H]32)c2cc(F)c(-c3cc(N)cc(C)c3C(F)(F)F)c(F)c2n1)[C@@]12CCCN1C[C@H](F)C2. The molecule has 4 fully saturated rings. The van der Waals surface area contributed by atoms with E-state index in [1.54, 1.807) is 4.90 Å². The Hall–Kier alpha value is -3.39. The number of alkyl halides is 5. The van der Waals surface area contributed by atoms with Crippen molar-refractivity contribution in [1.82, 2.24) is 14.9 Å². The Morgan fingerprint density at radius 3 is 2.75 bits per heavy atom. The third-order valence-corrected chi connectivity index (χ3v) is 9.14. The fourth-order valence-corrected chi connectivity index (χ4v) is 7.15. The van der Waals surface area contributed by atoms with Crippen LogP contribution in [0.15, 0.2) is 18.2 Å². The number of aromatic nitrogens is 2. The number of fused-ring (bicyclic) bond motifs is 3. The van der Waals surface area contributed by atoms with Gasteiger partial charge in [-0.1, -0.05) is 0 Å². The largest absolute Gasteiger partial charge is 0.461 e. The maximum absolute atomic E-state index is 16.6. The number of benzene rings is 2. The predicted octanol–water partition coefficient (Wildman–Crippen LogP) is 5.61. The molecule has 2 aromatic carbocycles. The second kappa shape index (κ2) is 10.3. The quantitative estimate of drug-likeness (QED) is 0.291. The molecular formula is C30H30F7N5O2.